The van der Waals surface area contributed by atoms with E-state index in [1.54, 1.807) is 17.0 Å². The summed E-state index contributed by atoms with van der Waals surface area (Å²) in [7, 11) is 0. The Kier molecular flexibility index (Phi) is 4.16. The van der Waals surface area contributed by atoms with E-state index in [0.29, 0.717) is 17.2 Å². The largest absolute Gasteiger partial charge is 0.375 e. The van der Waals surface area contributed by atoms with Gasteiger partial charge in [0.25, 0.3) is 5.91 Å². The van der Waals surface area contributed by atoms with Gasteiger partial charge in [-0.25, -0.2) is 4.98 Å². The summed E-state index contributed by atoms with van der Waals surface area (Å²) in [4.78, 5) is 18.4. The Morgan fingerprint density at radius 2 is 2.37 bits per heavy atom. The summed E-state index contributed by atoms with van der Waals surface area (Å²) in [5.74, 6) is 0.0237. The van der Waals surface area contributed by atoms with Crippen molar-refractivity contribution >= 4 is 32.6 Å². The third-order valence-electron chi connectivity index (χ3n) is 2.78. The highest BCUT2D eigenvalue weighted by Gasteiger charge is 2.14. The van der Waals surface area contributed by atoms with Gasteiger partial charge in [-0.3, -0.25) is 4.79 Å². The number of aromatic nitrogens is 1. The Bertz CT molecular complexity index is 606. The average Bonchev–Trinajstić information content (AvgIpc) is 2.76. The van der Waals surface area contributed by atoms with Crippen LogP contribution in [0.15, 0.2) is 30.9 Å². The molecule has 0 saturated heterocycles. The number of rotatable bonds is 5. The quantitative estimate of drug-likeness (QED) is 0.853. The maximum absolute atomic E-state index is 12.4. The Balaban J connectivity index is 2.30. The molecule has 100 valence electrons. The molecule has 2 aromatic rings. The molecular formula is C14H17N3OS. The lowest BCUT2D eigenvalue weighted by Gasteiger charge is -2.20. The molecule has 4 nitrogen and oxygen atoms in total. The second-order valence-electron chi connectivity index (χ2n) is 4.27. The molecule has 0 atom stereocenters. The first-order chi connectivity index (χ1) is 9.15. The Morgan fingerprint density at radius 3 is 3.05 bits per heavy atom. The van der Waals surface area contributed by atoms with E-state index >= 15 is 0 Å². The molecule has 1 heterocycles. The van der Waals surface area contributed by atoms with Gasteiger partial charge in [-0.1, -0.05) is 24.3 Å². The number of hydrogen-bond acceptors (Lipinski definition) is 4. The van der Waals surface area contributed by atoms with Gasteiger partial charge in [-0.05, 0) is 24.6 Å². The monoisotopic (exact) mass is 275 g/mol. The molecule has 0 spiro atoms. The first kappa shape index (κ1) is 13.5. The van der Waals surface area contributed by atoms with Crippen molar-refractivity contribution in [2.75, 3.05) is 18.8 Å². The molecule has 0 unspecified atom stereocenters. The van der Waals surface area contributed by atoms with Crippen LogP contribution in [0.5, 0.6) is 0 Å². The summed E-state index contributed by atoms with van der Waals surface area (Å²) >= 11 is 1.40. The Hall–Kier alpha value is -1.88. The standard InChI is InChI=1S/C14H17N3OS/c1-3-7-17(8-4-2)13(18)10-5-6-11-12(9-10)19-14(15)16-11/h3,5-6,9H,1,4,7-8H2,2H3,(H2,15,16). The maximum atomic E-state index is 12.4. The molecule has 0 fully saturated rings. The molecule has 0 aliphatic rings. The molecular weight excluding hydrogens is 258 g/mol. The molecule has 0 bridgehead atoms. The van der Waals surface area contributed by atoms with Gasteiger partial charge in [0.2, 0.25) is 0 Å². The number of nitrogen functional groups attached to an aromatic ring is 1. The van der Waals surface area contributed by atoms with Crippen molar-refractivity contribution in [3.05, 3.63) is 36.4 Å². The van der Waals surface area contributed by atoms with Gasteiger partial charge < -0.3 is 10.6 Å². The summed E-state index contributed by atoms with van der Waals surface area (Å²) in [5.41, 5.74) is 7.18. The van der Waals surface area contributed by atoms with E-state index in [1.807, 2.05) is 12.1 Å². The van der Waals surface area contributed by atoms with E-state index in [-0.39, 0.29) is 5.91 Å². The topological polar surface area (TPSA) is 59.2 Å². The molecule has 0 aliphatic heterocycles. The third-order valence-corrected chi connectivity index (χ3v) is 3.63. The fraction of sp³-hybridized carbons (Fsp3) is 0.286. The fourth-order valence-corrected chi connectivity index (χ4v) is 2.73. The fourth-order valence-electron chi connectivity index (χ4n) is 1.96. The van der Waals surface area contributed by atoms with E-state index < -0.39 is 0 Å². The first-order valence-corrected chi connectivity index (χ1v) is 7.03. The molecule has 2 rings (SSSR count). The summed E-state index contributed by atoms with van der Waals surface area (Å²) in [6.45, 7) is 7.04. The number of thiazole rings is 1. The van der Waals surface area contributed by atoms with E-state index in [4.69, 9.17) is 5.73 Å². The van der Waals surface area contributed by atoms with Crippen molar-refractivity contribution in [3.8, 4) is 0 Å². The molecule has 1 aromatic heterocycles. The smallest absolute Gasteiger partial charge is 0.254 e. The number of hydrogen-bond donors (Lipinski definition) is 1. The van der Waals surface area contributed by atoms with E-state index in [0.717, 1.165) is 23.2 Å². The van der Waals surface area contributed by atoms with Gasteiger partial charge in [0.05, 0.1) is 10.2 Å². The molecule has 0 saturated carbocycles. The number of fused-ring (bicyclic) bond motifs is 1. The predicted molar refractivity (Wildman–Crippen MR) is 80.4 cm³/mol. The number of nitrogens with zero attached hydrogens (tertiary/aromatic N) is 2. The zero-order valence-electron chi connectivity index (χ0n) is 10.9. The van der Waals surface area contributed by atoms with Crippen LogP contribution >= 0.6 is 11.3 Å². The highest BCUT2D eigenvalue weighted by molar-refractivity contribution is 7.22. The first-order valence-electron chi connectivity index (χ1n) is 6.22. The highest BCUT2D eigenvalue weighted by Crippen LogP contribution is 2.25. The number of benzene rings is 1. The van der Waals surface area contributed by atoms with Crippen LogP contribution in [0.1, 0.15) is 23.7 Å². The number of carbonyl (C=O) groups is 1. The van der Waals surface area contributed by atoms with E-state index in [1.165, 1.54) is 11.3 Å². The van der Waals surface area contributed by atoms with Crippen LogP contribution in [0.3, 0.4) is 0 Å². The molecule has 1 amide bonds. The second kappa shape index (κ2) is 5.84. The van der Waals surface area contributed by atoms with E-state index in [2.05, 4.69) is 18.5 Å². The number of carbonyl (C=O) groups excluding carboxylic acids is 1. The lowest BCUT2D eigenvalue weighted by Crippen LogP contribution is -2.31. The van der Waals surface area contributed by atoms with Crippen LogP contribution in [0.25, 0.3) is 10.2 Å². The summed E-state index contributed by atoms with van der Waals surface area (Å²) < 4.78 is 0.943. The molecule has 0 radical (unpaired) electrons. The van der Waals surface area contributed by atoms with Crippen molar-refractivity contribution < 1.29 is 4.79 Å². The molecule has 1 aromatic carbocycles. The zero-order chi connectivity index (χ0) is 13.8. The van der Waals surface area contributed by atoms with Gasteiger partial charge in [-0.15, -0.1) is 6.58 Å². The molecule has 2 N–H and O–H groups in total. The number of nitrogens with two attached hydrogens (primary N) is 1. The van der Waals surface area contributed by atoms with Crippen LogP contribution in [-0.2, 0) is 0 Å². The lowest BCUT2D eigenvalue weighted by molar-refractivity contribution is 0.0774. The maximum Gasteiger partial charge on any atom is 0.254 e. The van der Waals surface area contributed by atoms with Gasteiger partial charge in [0.15, 0.2) is 5.13 Å². The van der Waals surface area contributed by atoms with Crippen LogP contribution in [-0.4, -0.2) is 28.9 Å². The zero-order valence-corrected chi connectivity index (χ0v) is 11.7. The second-order valence-corrected chi connectivity index (χ2v) is 5.34. The minimum atomic E-state index is 0.0237. The average molecular weight is 275 g/mol. The van der Waals surface area contributed by atoms with Crippen LogP contribution in [0.4, 0.5) is 5.13 Å². The Morgan fingerprint density at radius 1 is 1.58 bits per heavy atom. The molecule has 19 heavy (non-hydrogen) atoms. The highest BCUT2D eigenvalue weighted by atomic mass is 32.1. The SMILES string of the molecule is C=CCN(CCC)C(=O)c1ccc2nc(N)sc2c1. The van der Waals surface area contributed by atoms with Crippen LogP contribution in [0.2, 0.25) is 0 Å². The van der Waals surface area contributed by atoms with Crippen LogP contribution < -0.4 is 5.73 Å². The van der Waals surface area contributed by atoms with Gasteiger partial charge >= 0.3 is 0 Å². The van der Waals surface area contributed by atoms with Crippen molar-refractivity contribution in [1.29, 1.82) is 0 Å². The number of amides is 1. The number of anilines is 1. The third kappa shape index (κ3) is 2.93. The molecule has 0 aliphatic carbocycles. The van der Waals surface area contributed by atoms with Crippen molar-refractivity contribution in [3.63, 3.8) is 0 Å². The van der Waals surface area contributed by atoms with Gasteiger partial charge in [0.1, 0.15) is 0 Å². The summed E-state index contributed by atoms with van der Waals surface area (Å²) in [5, 5.41) is 0.524. The minimum absolute atomic E-state index is 0.0237. The van der Waals surface area contributed by atoms with Gasteiger partial charge in [-0.2, -0.15) is 0 Å². The van der Waals surface area contributed by atoms with E-state index in [9.17, 15) is 4.79 Å². The molecule has 5 heteroatoms. The van der Waals surface area contributed by atoms with Crippen molar-refractivity contribution in [1.82, 2.24) is 9.88 Å². The predicted octanol–water partition coefficient (Wildman–Crippen LogP) is 2.92. The summed E-state index contributed by atoms with van der Waals surface area (Å²) in [6, 6.07) is 5.50. The normalized spacial score (nSPS) is 10.6. The lowest BCUT2D eigenvalue weighted by atomic mass is 10.2. The minimum Gasteiger partial charge on any atom is -0.375 e. The Labute approximate surface area is 116 Å². The van der Waals surface area contributed by atoms with Crippen molar-refractivity contribution in [2.24, 2.45) is 0 Å². The summed E-state index contributed by atoms with van der Waals surface area (Å²) in [6.07, 6.45) is 2.67. The van der Waals surface area contributed by atoms with Gasteiger partial charge in [0, 0.05) is 18.7 Å². The van der Waals surface area contributed by atoms with Crippen LogP contribution in [0, 0.1) is 0 Å². The van der Waals surface area contributed by atoms with Crippen molar-refractivity contribution in [2.45, 2.75) is 13.3 Å².